The number of hydrogen-bond donors (Lipinski definition) is 0. The number of hydrogen-bond acceptors (Lipinski definition) is 3. The zero-order chi connectivity index (χ0) is 13.3. The van der Waals surface area contributed by atoms with Crippen molar-refractivity contribution < 1.29 is 4.74 Å². The third-order valence-electron chi connectivity index (χ3n) is 2.91. The van der Waals surface area contributed by atoms with Gasteiger partial charge in [0.1, 0.15) is 5.75 Å². The normalized spacial score (nSPS) is 10.9. The highest BCUT2D eigenvalue weighted by atomic mass is 16.5. The molecule has 0 bridgehead atoms. The first-order valence-electron chi connectivity index (χ1n) is 5.84. The first-order chi connectivity index (χ1) is 8.54. The van der Waals surface area contributed by atoms with Gasteiger partial charge in [0, 0.05) is 31.1 Å². The Morgan fingerprint density at radius 3 is 2.61 bits per heavy atom. The van der Waals surface area contributed by atoms with Gasteiger partial charge in [0.2, 0.25) is 0 Å². The van der Waals surface area contributed by atoms with Crippen LogP contribution in [-0.4, -0.2) is 21.5 Å². The molecule has 0 aliphatic rings. The van der Waals surface area contributed by atoms with Crippen molar-refractivity contribution in [2.45, 2.75) is 19.8 Å². The SMILES string of the molecule is COc1ccnc(-n2c(=O)cc(C(C)C)n2C)c1. The summed E-state index contributed by atoms with van der Waals surface area (Å²) < 4.78 is 8.51. The highest BCUT2D eigenvalue weighted by Gasteiger charge is 2.13. The third-order valence-corrected chi connectivity index (χ3v) is 2.91. The van der Waals surface area contributed by atoms with Gasteiger partial charge in [0.05, 0.1) is 7.11 Å². The molecule has 0 spiro atoms. The van der Waals surface area contributed by atoms with Crippen LogP contribution in [0.3, 0.4) is 0 Å². The molecule has 0 unspecified atom stereocenters. The van der Waals surface area contributed by atoms with Gasteiger partial charge in [-0.15, -0.1) is 0 Å². The van der Waals surface area contributed by atoms with Gasteiger partial charge < -0.3 is 4.74 Å². The number of pyridine rings is 1. The molecular weight excluding hydrogens is 230 g/mol. The van der Waals surface area contributed by atoms with Crippen molar-refractivity contribution in [2.24, 2.45) is 7.05 Å². The summed E-state index contributed by atoms with van der Waals surface area (Å²) in [7, 11) is 3.45. The predicted octanol–water partition coefficient (Wildman–Crippen LogP) is 1.70. The van der Waals surface area contributed by atoms with E-state index in [9.17, 15) is 4.79 Å². The summed E-state index contributed by atoms with van der Waals surface area (Å²) in [5.41, 5.74) is 0.895. The van der Waals surface area contributed by atoms with Gasteiger partial charge in [-0.3, -0.25) is 9.48 Å². The Kier molecular flexibility index (Phi) is 3.23. The van der Waals surface area contributed by atoms with Crippen LogP contribution in [0.5, 0.6) is 5.75 Å². The molecule has 0 fully saturated rings. The molecule has 0 saturated carbocycles. The van der Waals surface area contributed by atoms with E-state index < -0.39 is 0 Å². The molecule has 0 aliphatic heterocycles. The van der Waals surface area contributed by atoms with E-state index in [1.807, 2.05) is 11.7 Å². The third kappa shape index (κ3) is 2.03. The fraction of sp³-hybridized carbons (Fsp3) is 0.385. The lowest BCUT2D eigenvalue weighted by Crippen LogP contribution is -2.20. The van der Waals surface area contributed by atoms with Crippen LogP contribution >= 0.6 is 0 Å². The summed E-state index contributed by atoms with van der Waals surface area (Å²) >= 11 is 0. The minimum atomic E-state index is -0.0815. The monoisotopic (exact) mass is 247 g/mol. The van der Waals surface area contributed by atoms with Crippen LogP contribution in [0, 0.1) is 0 Å². The molecule has 5 nitrogen and oxygen atoms in total. The Morgan fingerprint density at radius 2 is 2.06 bits per heavy atom. The van der Waals surface area contributed by atoms with Crippen LogP contribution in [0.15, 0.2) is 29.2 Å². The van der Waals surface area contributed by atoms with Gasteiger partial charge in [-0.2, -0.15) is 4.68 Å². The second-order valence-electron chi connectivity index (χ2n) is 4.45. The van der Waals surface area contributed by atoms with E-state index in [1.165, 1.54) is 4.68 Å². The maximum absolute atomic E-state index is 12.0. The smallest absolute Gasteiger partial charge is 0.273 e. The molecule has 0 N–H and O–H groups in total. The Hall–Kier alpha value is -2.04. The second-order valence-corrected chi connectivity index (χ2v) is 4.45. The van der Waals surface area contributed by atoms with Gasteiger partial charge in [-0.05, 0) is 12.0 Å². The highest BCUT2D eigenvalue weighted by molar-refractivity contribution is 5.32. The minimum absolute atomic E-state index is 0.0815. The van der Waals surface area contributed by atoms with E-state index in [4.69, 9.17) is 4.74 Å². The quantitative estimate of drug-likeness (QED) is 0.829. The standard InChI is InChI=1S/C13H17N3O2/c1-9(2)11-8-13(17)16(15(11)3)12-7-10(18-4)5-6-14-12/h5-9H,1-4H3. The zero-order valence-corrected chi connectivity index (χ0v) is 11.0. The van der Waals surface area contributed by atoms with Crippen molar-refractivity contribution in [2.75, 3.05) is 7.11 Å². The highest BCUT2D eigenvalue weighted by Crippen LogP contribution is 2.16. The molecular formula is C13H17N3O2. The van der Waals surface area contributed by atoms with Gasteiger partial charge in [-0.1, -0.05) is 13.8 Å². The second kappa shape index (κ2) is 4.68. The molecule has 0 aromatic carbocycles. The number of rotatable bonds is 3. The molecule has 96 valence electrons. The van der Waals surface area contributed by atoms with Crippen LogP contribution < -0.4 is 10.3 Å². The Bertz CT molecular complexity index is 611. The molecule has 5 heteroatoms. The summed E-state index contributed by atoms with van der Waals surface area (Å²) in [4.78, 5) is 16.2. The molecule has 2 aromatic rings. The first kappa shape index (κ1) is 12.4. The minimum Gasteiger partial charge on any atom is -0.497 e. The molecule has 0 radical (unpaired) electrons. The van der Waals surface area contributed by atoms with Crippen LogP contribution in [0.4, 0.5) is 0 Å². The summed E-state index contributed by atoms with van der Waals surface area (Å²) in [6.07, 6.45) is 1.63. The van der Waals surface area contributed by atoms with Crippen molar-refractivity contribution in [1.82, 2.24) is 14.3 Å². The molecule has 0 amide bonds. The van der Waals surface area contributed by atoms with Crippen molar-refractivity contribution in [3.63, 3.8) is 0 Å². The lowest BCUT2D eigenvalue weighted by atomic mass is 10.1. The summed E-state index contributed by atoms with van der Waals surface area (Å²) in [5, 5.41) is 0. The number of nitrogens with zero attached hydrogens (tertiary/aromatic N) is 3. The van der Waals surface area contributed by atoms with Crippen molar-refractivity contribution in [3.05, 3.63) is 40.4 Å². The largest absolute Gasteiger partial charge is 0.497 e. The Labute approximate surface area is 106 Å². The van der Waals surface area contributed by atoms with Crippen LogP contribution in [0.1, 0.15) is 25.5 Å². The van der Waals surface area contributed by atoms with E-state index in [0.29, 0.717) is 11.6 Å². The molecule has 2 heterocycles. The van der Waals surface area contributed by atoms with Crippen molar-refractivity contribution in [3.8, 4) is 11.6 Å². The number of methoxy groups -OCH3 is 1. The van der Waals surface area contributed by atoms with E-state index in [-0.39, 0.29) is 11.5 Å². The molecule has 0 saturated heterocycles. The average Bonchev–Trinajstić information content (AvgIpc) is 2.65. The van der Waals surface area contributed by atoms with E-state index in [2.05, 4.69) is 18.8 Å². The molecule has 0 aliphatic carbocycles. The summed E-state index contributed by atoms with van der Waals surface area (Å²) in [6, 6.07) is 5.14. The summed E-state index contributed by atoms with van der Waals surface area (Å²) in [6.45, 7) is 4.11. The summed E-state index contributed by atoms with van der Waals surface area (Å²) in [5.74, 6) is 1.53. The number of ether oxygens (including phenoxy) is 1. The average molecular weight is 247 g/mol. The fourth-order valence-corrected chi connectivity index (χ4v) is 1.99. The molecule has 0 atom stereocenters. The van der Waals surface area contributed by atoms with Gasteiger partial charge >= 0.3 is 0 Å². The van der Waals surface area contributed by atoms with Crippen molar-refractivity contribution in [1.29, 1.82) is 0 Å². The van der Waals surface area contributed by atoms with Crippen LogP contribution in [-0.2, 0) is 7.05 Å². The van der Waals surface area contributed by atoms with E-state index in [1.54, 1.807) is 31.5 Å². The lowest BCUT2D eigenvalue weighted by molar-refractivity contribution is 0.413. The zero-order valence-electron chi connectivity index (χ0n) is 11.0. The number of aromatic nitrogens is 3. The Balaban J connectivity index is 2.60. The Morgan fingerprint density at radius 1 is 1.33 bits per heavy atom. The van der Waals surface area contributed by atoms with Gasteiger partial charge in [0.25, 0.3) is 5.56 Å². The van der Waals surface area contributed by atoms with Crippen LogP contribution in [0.25, 0.3) is 5.82 Å². The molecule has 18 heavy (non-hydrogen) atoms. The fourth-order valence-electron chi connectivity index (χ4n) is 1.99. The van der Waals surface area contributed by atoms with Crippen molar-refractivity contribution >= 4 is 0 Å². The van der Waals surface area contributed by atoms with E-state index in [0.717, 1.165) is 5.69 Å². The lowest BCUT2D eigenvalue weighted by Gasteiger charge is -2.11. The van der Waals surface area contributed by atoms with Crippen LogP contribution in [0.2, 0.25) is 0 Å². The first-order valence-corrected chi connectivity index (χ1v) is 5.84. The van der Waals surface area contributed by atoms with Gasteiger partial charge in [0.15, 0.2) is 5.82 Å². The molecule has 2 rings (SSSR count). The maximum atomic E-state index is 12.0. The topological polar surface area (TPSA) is 49.1 Å². The predicted molar refractivity (Wildman–Crippen MR) is 69.4 cm³/mol. The maximum Gasteiger partial charge on any atom is 0.273 e. The molecule has 2 aromatic heterocycles. The van der Waals surface area contributed by atoms with Gasteiger partial charge in [-0.25, -0.2) is 4.98 Å². The van der Waals surface area contributed by atoms with E-state index >= 15 is 0 Å².